The Kier molecular flexibility index (Phi) is 5.07. The van der Waals surface area contributed by atoms with Gasteiger partial charge in [-0.25, -0.2) is 0 Å². The van der Waals surface area contributed by atoms with Crippen LogP contribution in [-0.2, 0) is 4.79 Å². The lowest BCUT2D eigenvalue weighted by molar-refractivity contribution is -0.132. The number of fused-ring (bicyclic) bond motifs is 1. The van der Waals surface area contributed by atoms with E-state index >= 15 is 0 Å². The average molecular weight is 355 g/mol. The molecule has 26 heavy (non-hydrogen) atoms. The van der Waals surface area contributed by atoms with Gasteiger partial charge in [0.15, 0.2) is 5.60 Å². The number of carbonyl (C=O) groups is 1. The highest BCUT2D eigenvalue weighted by molar-refractivity contribution is 6.02. The summed E-state index contributed by atoms with van der Waals surface area (Å²) in [6.45, 7) is 6.73. The summed E-state index contributed by atoms with van der Waals surface area (Å²) in [7, 11) is 1.64. The summed E-state index contributed by atoms with van der Waals surface area (Å²) in [6.07, 6.45) is 0.723. The predicted molar refractivity (Wildman–Crippen MR) is 101 cm³/mol. The minimum absolute atomic E-state index is 0.0277. The standard InChI is InChI=1S/C21H25NO4/c1-15-6-11-19-18(14-15)22(20(23)21(2,3)26-19)12-5-13-25-17-9-7-16(24-4)8-10-17/h6-11,14H,5,12-13H2,1-4H3. The molecule has 1 amide bonds. The van der Waals surface area contributed by atoms with E-state index in [0.29, 0.717) is 13.2 Å². The maximum Gasteiger partial charge on any atom is 0.270 e. The van der Waals surface area contributed by atoms with E-state index in [1.165, 1.54) is 0 Å². The molecule has 2 aromatic carbocycles. The monoisotopic (exact) mass is 355 g/mol. The molecule has 0 spiro atoms. The van der Waals surface area contributed by atoms with Gasteiger partial charge >= 0.3 is 0 Å². The van der Waals surface area contributed by atoms with Gasteiger partial charge in [0.25, 0.3) is 5.91 Å². The maximum atomic E-state index is 12.8. The van der Waals surface area contributed by atoms with E-state index in [2.05, 4.69) is 0 Å². The zero-order chi connectivity index (χ0) is 18.7. The highest BCUT2D eigenvalue weighted by atomic mass is 16.5. The third-order valence-electron chi connectivity index (χ3n) is 4.38. The van der Waals surface area contributed by atoms with Gasteiger partial charge in [-0.05, 0) is 69.2 Å². The molecule has 0 saturated carbocycles. The second-order valence-electron chi connectivity index (χ2n) is 6.92. The molecule has 0 bridgehead atoms. The summed E-state index contributed by atoms with van der Waals surface area (Å²) in [5.74, 6) is 2.30. The molecule has 1 heterocycles. The number of anilines is 1. The Morgan fingerprint density at radius 3 is 2.46 bits per heavy atom. The third kappa shape index (κ3) is 3.77. The van der Waals surface area contributed by atoms with Crippen LogP contribution in [0.2, 0.25) is 0 Å². The fraction of sp³-hybridized carbons (Fsp3) is 0.381. The predicted octanol–water partition coefficient (Wildman–Crippen LogP) is 3.98. The molecule has 0 fully saturated rings. The van der Waals surface area contributed by atoms with Crippen molar-refractivity contribution in [1.29, 1.82) is 0 Å². The van der Waals surface area contributed by atoms with Crippen molar-refractivity contribution in [2.75, 3.05) is 25.2 Å². The smallest absolute Gasteiger partial charge is 0.270 e. The molecule has 1 aliphatic rings. The molecule has 1 aliphatic heterocycles. The Balaban J connectivity index is 1.64. The van der Waals surface area contributed by atoms with Crippen molar-refractivity contribution < 1.29 is 19.0 Å². The van der Waals surface area contributed by atoms with Gasteiger partial charge in [-0.2, -0.15) is 0 Å². The van der Waals surface area contributed by atoms with Crippen LogP contribution in [0.5, 0.6) is 17.2 Å². The Hall–Kier alpha value is -2.69. The first-order valence-corrected chi connectivity index (χ1v) is 8.79. The molecule has 0 aliphatic carbocycles. The van der Waals surface area contributed by atoms with Crippen LogP contribution < -0.4 is 19.1 Å². The quantitative estimate of drug-likeness (QED) is 0.736. The zero-order valence-electron chi connectivity index (χ0n) is 15.7. The fourth-order valence-corrected chi connectivity index (χ4v) is 2.98. The second kappa shape index (κ2) is 7.28. The van der Waals surface area contributed by atoms with E-state index < -0.39 is 5.60 Å². The lowest BCUT2D eigenvalue weighted by atomic mass is 10.0. The number of carbonyl (C=O) groups excluding carboxylic acids is 1. The van der Waals surface area contributed by atoms with Gasteiger partial charge < -0.3 is 19.1 Å². The Labute approximate surface area is 154 Å². The Morgan fingerprint density at radius 2 is 1.77 bits per heavy atom. The van der Waals surface area contributed by atoms with Crippen LogP contribution in [0.1, 0.15) is 25.8 Å². The summed E-state index contributed by atoms with van der Waals surface area (Å²) in [5.41, 5.74) is 1.07. The Morgan fingerprint density at radius 1 is 1.08 bits per heavy atom. The van der Waals surface area contributed by atoms with E-state index in [9.17, 15) is 4.79 Å². The van der Waals surface area contributed by atoms with E-state index in [-0.39, 0.29) is 5.91 Å². The first-order valence-electron chi connectivity index (χ1n) is 8.79. The molecule has 0 radical (unpaired) electrons. The maximum absolute atomic E-state index is 12.8. The van der Waals surface area contributed by atoms with Crippen molar-refractivity contribution in [2.24, 2.45) is 0 Å². The summed E-state index contributed by atoms with van der Waals surface area (Å²) in [4.78, 5) is 14.6. The third-order valence-corrected chi connectivity index (χ3v) is 4.38. The van der Waals surface area contributed by atoms with Crippen molar-refractivity contribution in [2.45, 2.75) is 32.8 Å². The molecule has 138 valence electrons. The number of aryl methyl sites for hydroxylation is 1. The zero-order valence-corrected chi connectivity index (χ0v) is 15.7. The largest absolute Gasteiger partial charge is 0.497 e. The molecular formula is C21H25NO4. The number of nitrogens with zero attached hydrogens (tertiary/aromatic N) is 1. The molecule has 5 nitrogen and oxygen atoms in total. The van der Waals surface area contributed by atoms with Crippen LogP contribution >= 0.6 is 0 Å². The molecule has 2 aromatic rings. The van der Waals surface area contributed by atoms with Crippen LogP contribution in [0.3, 0.4) is 0 Å². The van der Waals surface area contributed by atoms with E-state index in [0.717, 1.165) is 34.9 Å². The number of ether oxygens (including phenoxy) is 3. The van der Waals surface area contributed by atoms with Gasteiger partial charge in [-0.1, -0.05) is 6.07 Å². The summed E-state index contributed by atoms with van der Waals surface area (Å²) >= 11 is 0. The van der Waals surface area contributed by atoms with Crippen molar-refractivity contribution in [3.8, 4) is 17.2 Å². The van der Waals surface area contributed by atoms with Crippen molar-refractivity contribution >= 4 is 11.6 Å². The van der Waals surface area contributed by atoms with Crippen molar-refractivity contribution in [3.63, 3.8) is 0 Å². The summed E-state index contributed by atoms with van der Waals surface area (Å²) in [5, 5.41) is 0. The van der Waals surface area contributed by atoms with Gasteiger partial charge in [-0.15, -0.1) is 0 Å². The van der Waals surface area contributed by atoms with Gasteiger partial charge in [0.1, 0.15) is 17.2 Å². The molecular weight excluding hydrogens is 330 g/mol. The number of hydrogen-bond donors (Lipinski definition) is 0. The number of methoxy groups -OCH3 is 1. The van der Waals surface area contributed by atoms with Crippen LogP contribution in [0.25, 0.3) is 0 Å². The minimum atomic E-state index is -0.862. The lowest BCUT2D eigenvalue weighted by Crippen LogP contribution is -2.52. The van der Waals surface area contributed by atoms with Crippen LogP contribution in [0.15, 0.2) is 42.5 Å². The SMILES string of the molecule is COc1ccc(OCCCN2C(=O)C(C)(C)Oc3ccc(C)cc32)cc1. The first kappa shape index (κ1) is 18.1. The first-order chi connectivity index (χ1) is 12.4. The van der Waals surface area contributed by atoms with Gasteiger partial charge in [0.2, 0.25) is 0 Å². The fourth-order valence-electron chi connectivity index (χ4n) is 2.98. The average Bonchev–Trinajstić information content (AvgIpc) is 2.62. The molecule has 0 unspecified atom stereocenters. The molecule has 3 rings (SSSR count). The van der Waals surface area contributed by atoms with Crippen molar-refractivity contribution in [1.82, 2.24) is 0 Å². The highest BCUT2D eigenvalue weighted by Crippen LogP contribution is 2.38. The molecule has 0 saturated heterocycles. The number of hydrogen-bond acceptors (Lipinski definition) is 4. The van der Waals surface area contributed by atoms with Gasteiger partial charge in [-0.3, -0.25) is 4.79 Å². The van der Waals surface area contributed by atoms with E-state index in [1.807, 2.05) is 54.3 Å². The molecule has 0 aromatic heterocycles. The minimum Gasteiger partial charge on any atom is -0.497 e. The topological polar surface area (TPSA) is 48.0 Å². The van der Waals surface area contributed by atoms with Crippen LogP contribution in [0.4, 0.5) is 5.69 Å². The number of rotatable bonds is 6. The van der Waals surface area contributed by atoms with Crippen molar-refractivity contribution in [3.05, 3.63) is 48.0 Å². The molecule has 5 heteroatoms. The highest BCUT2D eigenvalue weighted by Gasteiger charge is 2.40. The summed E-state index contributed by atoms with van der Waals surface area (Å²) < 4.78 is 16.8. The molecule has 0 N–H and O–H groups in total. The number of benzene rings is 2. The molecule has 0 atom stereocenters. The lowest BCUT2D eigenvalue weighted by Gasteiger charge is -2.39. The van der Waals surface area contributed by atoms with E-state index in [1.54, 1.807) is 21.0 Å². The van der Waals surface area contributed by atoms with Crippen LogP contribution in [-0.4, -0.2) is 31.8 Å². The van der Waals surface area contributed by atoms with E-state index in [4.69, 9.17) is 14.2 Å². The van der Waals surface area contributed by atoms with Gasteiger partial charge in [0.05, 0.1) is 19.4 Å². The normalized spacial score (nSPS) is 15.2. The second-order valence-corrected chi connectivity index (χ2v) is 6.92. The van der Waals surface area contributed by atoms with Crippen LogP contribution in [0, 0.1) is 6.92 Å². The van der Waals surface area contributed by atoms with Gasteiger partial charge in [0, 0.05) is 6.54 Å². The number of amides is 1. The summed E-state index contributed by atoms with van der Waals surface area (Å²) in [6, 6.07) is 13.4. The Bertz CT molecular complexity index is 783.